The van der Waals surface area contributed by atoms with Crippen molar-refractivity contribution in [3.05, 3.63) is 122 Å². The molecule has 0 amide bonds. The number of esters is 2. The summed E-state index contributed by atoms with van der Waals surface area (Å²) in [5.74, 6) is -0.806. The highest BCUT2D eigenvalue weighted by Gasteiger charge is 2.27. The van der Waals surface area contributed by atoms with E-state index in [4.69, 9.17) is 18.5 Å². The molecule has 0 aliphatic rings. The molecule has 0 rings (SSSR count). The van der Waals surface area contributed by atoms with Crippen molar-refractivity contribution in [2.75, 3.05) is 47.5 Å². The van der Waals surface area contributed by atoms with Crippen molar-refractivity contribution in [1.29, 1.82) is 0 Å². The van der Waals surface area contributed by atoms with Crippen molar-refractivity contribution in [1.82, 2.24) is 0 Å². The number of hydrogen-bond donors (Lipinski definition) is 1. The molecule has 0 saturated carbocycles. The maximum absolute atomic E-state index is 12.9. The maximum atomic E-state index is 12.9. The molecular weight excluding hydrogens is 1040 g/mol. The first kappa shape index (κ1) is 78.4. The first-order valence-corrected chi connectivity index (χ1v) is 34.8. The number of allylic oxidation sites excluding steroid dienone is 20. The third kappa shape index (κ3) is 65.6. The number of nitrogens with zero attached hydrogens (tertiary/aromatic N) is 1. The number of rotatable bonds is 60. The van der Waals surface area contributed by atoms with Crippen LogP contribution in [0.2, 0.25) is 0 Å². The second-order valence-electron chi connectivity index (χ2n) is 23.1. The molecule has 0 aliphatic carbocycles. The van der Waals surface area contributed by atoms with Crippen LogP contribution in [0.15, 0.2) is 122 Å². The van der Waals surface area contributed by atoms with E-state index in [0.29, 0.717) is 17.4 Å². The van der Waals surface area contributed by atoms with Crippen LogP contribution in [0.3, 0.4) is 0 Å². The molecule has 0 aromatic heterocycles. The van der Waals surface area contributed by atoms with Crippen LogP contribution in [0.1, 0.15) is 271 Å². The van der Waals surface area contributed by atoms with Gasteiger partial charge in [-0.15, -0.1) is 0 Å². The molecule has 0 heterocycles. The van der Waals surface area contributed by atoms with Crippen LogP contribution in [0.4, 0.5) is 0 Å². The van der Waals surface area contributed by atoms with E-state index >= 15 is 0 Å². The smallest absolute Gasteiger partial charge is 0.462 e. The summed E-state index contributed by atoms with van der Waals surface area (Å²) in [5, 5.41) is 0. The van der Waals surface area contributed by atoms with Crippen LogP contribution in [0.25, 0.3) is 0 Å². The summed E-state index contributed by atoms with van der Waals surface area (Å²) in [7, 11) is 1.46. The highest BCUT2D eigenvalue weighted by atomic mass is 31.2. The van der Waals surface area contributed by atoms with E-state index in [0.717, 1.165) is 103 Å². The second kappa shape index (κ2) is 62.0. The minimum atomic E-state index is -4.40. The lowest BCUT2D eigenvalue weighted by Gasteiger charge is -2.24. The highest BCUT2D eigenvalue weighted by molar-refractivity contribution is 7.47. The third-order valence-corrected chi connectivity index (χ3v) is 15.0. The predicted molar refractivity (Wildman–Crippen MR) is 353 cm³/mol. The van der Waals surface area contributed by atoms with E-state index < -0.39 is 26.5 Å². The van der Waals surface area contributed by atoms with E-state index in [1.807, 2.05) is 21.1 Å². The van der Waals surface area contributed by atoms with Gasteiger partial charge in [0.25, 0.3) is 0 Å². The molecule has 1 N–H and O–H groups in total. The van der Waals surface area contributed by atoms with E-state index in [1.54, 1.807) is 0 Å². The molecule has 0 saturated heterocycles. The Bertz CT molecular complexity index is 1800. The summed E-state index contributed by atoms with van der Waals surface area (Å²) in [5.41, 5.74) is 0. The molecule has 0 spiro atoms. The number of quaternary nitrogens is 1. The van der Waals surface area contributed by atoms with Crippen molar-refractivity contribution >= 4 is 19.8 Å². The van der Waals surface area contributed by atoms with Crippen molar-refractivity contribution in [3.8, 4) is 0 Å². The van der Waals surface area contributed by atoms with Gasteiger partial charge in [0.15, 0.2) is 6.10 Å². The Hall–Kier alpha value is -3.59. The molecule has 82 heavy (non-hydrogen) atoms. The Balaban J connectivity index is 4.13. The van der Waals surface area contributed by atoms with Crippen molar-refractivity contribution in [2.24, 2.45) is 0 Å². The zero-order valence-corrected chi connectivity index (χ0v) is 54.3. The lowest BCUT2D eigenvalue weighted by atomic mass is 10.0. The number of ether oxygens (including phenoxy) is 2. The van der Waals surface area contributed by atoms with Crippen LogP contribution in [-0.2, 0) is 32.7 Å². The first-order chi connectivity index (χ1) is 40.0. The molecule has 0 radical (unpaired) electrons. The number of carbonyl (C=O) groups excluding carboxylic acids is 2. The lowest BCUT2D eigenvalue weighted by Crippen LogP contribution is -2.37. The fraction of sp³-hybridized carbons (Fsp3) is 0.694. The second-order valence-corrected chi connectivity index (χ2v) is 24.6. The minimum Gasteiger partial charge on any atom is -0.462 e. The van der Waals surface area contributed by atoms with Gasteiger partial charge in [-0.05, 0) is 109 Å². The van der Waals surface area contributed by atoms with Gasteiger partial charge in [-0.1, -0.05) is 270 Å². The summed E-state index contributed by atoms with van der Waals surface area (Å²) >= 11 is 0. The summed E-state index contributed by atoms with van der Waals surface area (Å²) in [6.07, 6.45) is 88.5. The van der Waals surface area contributed by atoms with E-state index in [2.05, 4.69) is 135 Å². The standard InChI is InChI=1S/C72H124NO8P/c1-6-8-10-12-14-16-18-20-22-24-26-28-30-32-33-34-35-36-37-38-39-41-43-45-47-49-51-53-55-57-59-61-63-65-72(75)81-70(69-80-82(76,77)79-67-66-73(3,4)5)68-78-71(74)64-62-60-58-56-54-52-50-48-46-44-42-40-31-29-27-25-23-21-19-17-15-13-11-9-7-2/h8,10,14,16,19-22,25-28,31-33,35-36,38-40,70H,6-7,9,11-13,15,17-18,23-24,29-30,34,37,41-69H2,1-5H3/p+1/b10-8-,16-14-,21-19-,22-20-,27-25-,28-26-,33-32-,36-35-,39-38-,40-31-. The quantitative estimate of drug-likeness (QED) is 0.0211. The number of unbranched alkanes of at least 4 members (excludes halogenated alkanes) is 26. The molecule has 0 aromatic rings. The van der Waals surface area contributed by atoms with E-state index in [9.17, 15) is 19.0 Å². The minimum absolute atomic E-state index is 0.0251. The van der Waals surface area contributed by atoms with Crippen molar-refractivity contribution in [3.63, 3.8) is 0 Å². The zero-order chi connectivity index (χ0) is 59.8. The normalized spacial score (nSPS) is 14.0. The predicted octanol–water partition coefficient (Wildman–Crippen LogP) is 21.5. The number of phosphoric acid groups is 1. The molecule has 10 heteroatoms. The monoisotopic (exact) mass is 1160 g/mol. The summed E-state index contributed by atoms with van der Waals surface area (Å²) in [6, 6.07) is 0. The molecular formula is C72H125NO8P+. The number of carbonyl (C=O) groups is 2. The fourth-order valence-corrected chi connectivity index (χ4v) is 9.63. The maximum Gasteiger partial charge on any atom is 0.472 e. The number of hydrogen-bond acceptors (Lipinski definition) is 7. The molecule has 0 fully saturated rings. The van der Waals surface area contributed by atoms with Gasteiger partial charge in [-0.25, -0.2) is 4.57 Å². The Morgan fingerprint density at radius 2 is 0.695 bits per heavy atom. The highest BCUT2D eigenvalue weighted by Crippen LogP contribution is 2.43. The summed E-state index contributed by atoms with van der Waals surface area (Å²) < 4.78 is 34.7. The van der Waals surface area contributed by atoms with Crippen LogP contribution in [-0.4, -0.2) is 74.9 Å². The molecule has 9 nitrogen and oxygen atoms in total. The molecule has 0 bridgehead atoms. The fourth-order valence-electron chi connectivity index (χ4n) is 8.89. The van der Waals surface area contributed by atoms with Gasteiger partial charge in [0, 0.05) is 12.8 Å². The largest absolute Gasteiger partial charge is 0.472 e. The van der Waals surface area contributed by atoms with Gasteiger partial charge in [0.05, 0.1) is 27.7 Å². The van der Waals surface area contributed by atoms with Crippen molar-refractivity contribution in [2.45, 2.75) is 277 Å². The Kier molecular flexibility index (Phi) is 59.2. The summed E-state index contributed by atoms with van der Waals surface area (Å²) in [6.45, 7) is 4.31. The van der Waals surface area contributed by atoms with Crippen molar-refractivity contribution < 1.29 is 42.1 Å². The van der Waals surface area contributed by atoms with Crippen LogP contribution in [0.5, 0.6) is 0 Å². The molecule has 0 aromatic carbocycles. The number of phosphoric ester groups is 1. The van der Waals surface area contributed by atoms with Gasteiger partial charge in [0.2, 0.25) is 0 Å². The lowest BCUT2D eigenvalue weighted by molar-refractivity contribution is -0.870. The van der Waals surface area contributed by atoms with Gasteiger partial charge < -0.3 is 18.9 Å². The molecule has 0 aliphatic heterocycles. The molecule has 470 valence electrons. The third-order valence-electron chi connectivity index (χ3n) is 14.0. The average molecular weight is 1160 g/mol. The van der Waals surface area contributed by atoms with Crippen LogP contribution in [0, 0.1) is 0 Å². The SMILES string of the molecule is CC/C=C\C/C=C\C/C=C\C/C=C\C/C=C\C/C=C\C/C=C\CCCCCCCCCCCCCC(=O)OC(COC(=O)CCCCCCCCCCCC/C=C\C/C=C\C/C=C\CCCCCCC)COP(=O)(O)OCC[N+](C)(C)C. The summed E-state index contributed by atoms with van der Waals surface area (Å²) in [4.78, 5) is 35.8. The number of likely N-dealkylation sites (N-methyl/N-ethyl adjacent to an activating group) is 1. The van der Waals surface area contributed by atoms with E-state index in [-0.39, 0.29) is 32.0 Å². The average Bonchev–Trinajstić information content (AvgIpc) is 3.46. The van der Waals surface area contributed by atoms with Gasteiger partial charge in [-0.3, -0.25) is 18.6 Å². The first-order valence-electron chi connectivity index (χ1n) is 33.3. The van der Waals surface area contributed by atoms with Gasteiger partial charge in [-0.2, -0.15) is 0 Å². The van der Waals surface area contributed by atoms with E-state index in [1.165, 1.54) is 135 Å². The molecule has 2 atom stereocenters. The van der Waals surface area contributed by atoms with Crippen LogP contribution >= 0.6 is 7.82 Å². The topological polar surface area (TPSA) is 108 Å². The van der Waals surface area contributed by atoms with Gasteiger partial charge >= 0.3 is 19.8 Å². The zero-order valence-electron chi connectivity index (χ0n) is 53.4. The Morgan fingerprint density at radius 1 is 0.390 bits per heavy atom. The van der Waals surface area contributed by atoms with Crippen LogP contribution < -0.4 is 0 Å². The molecule has 2 unspecified atom stereocenters. The Morgan fingerprint density at radius 3 is 1.04 bits per heavy atom. The Labute approximate surface area is 505 Å². The van der Waals surface area contributed by atoms with Gasteiger partial charge in [0.1, 0.15) is 19.8 Å².